The average molecular weight is 677 g/mol. The Labute approximate surface area is 251 Å². The number of fused-ring (bicyclic) bond motifs is 1. The number of anilines is 2. The summed E-state index contributed by atoms with van der Waals surface area (Å²) in [5.74, 6) is -4.28. The summed E-state index contributed by atoms with van der Waals surface area (Å²) in [5, 5.41) is 7.12. The third-order valence-electron chi connectivity index (χ3n) is 7.33. The number of carbonyl (C=O) groups is 1. The maximum atomic E-state index is 13.7. The fourth-order valence-corrected chi connectivity index (χ4v) is 5.04. The number of aromatic amines is 1. The second-order valence-electron chi connectivity index (χ2n) is 10.4. The number of halogens is 12. The summed E-state index contributed by atoms with van der Waals surface area (Å²) < 4.78 is 152. The Morgan fingerprint density at radius 2 is 1.50 bits per heavy atom. The third-order valence-corrected chi connectivity index (χ3v) is 7.33. The van der Waals surface area contributed by atoms with Crippen LogP contribution in [0.5, 0.6) is 0 Å². The summed E-state index contributed by atoms with van der Waals surface area (Å²) >= 11 is 0. The number of aliphatic carboxylic acids is 1. The predicted molar refractivity (Wildman–Crippen MR) is 140 cm³/mol. The molecule has 7 nitrogen and oxygen atoms in total. The highest BCUT2D eigenvalue weighted by atomic mass is 19.4. The van der Waals surface area contributed by atoms with Crippen LogP contribution in [-0.2, 0) is 17.1 Å². The van der Waals surface area contributed by atoms with Crippen molar-refractivity contribution < 1.29 is 62.6 Å². The number of alkyl halides is 12. The molecule has 3 heterocycles. The van der Waals surface area contributed by atoms with Crippen LogP contribution in [0, 0.1) is 5.92 Å². The number of carboxylic acid groups (broad SMARTS) is 1. The van der Waals surface area contributed by atoms with E-state index >= 15 is 0 Å². The summed E-state index contributed by atoms with van der Waals surface area (Å²) in [4.78, 5) is 23.3. The number of hydrogen-bond acceptors (Lipinski definition) is 5. The van der Waals surface area contributed by atoms with Crippen LogP contribution in [0.1, 0.15) is 36.0 Å². The standard InChI is InChI=1S/C25H22F9N5.C2HF3O2/c26-23(27,28)15-5-3-14(4-6-15)17-12-16(24(29,30)31)13-19-20(17)37-22(36-19)39-10-8-38(9-11-39)21-18(25(32,33)34)2-1-7-35-21;3-2(4,5)1(6)7/h1-3,7,12-13,15H,4-6,8-11H2,(H,36,37);(H,6,7). The van der Waals surface area contributed by atoms with Crippen molar-refractivity contribution >= 4 is 34.3 Å². The molecule has 1 atom stereocenters. The Kier molecular flexibility index (Phi) is 9.46. The molecule has 1 aromatic carbocycles. The van der Waals surface area contributed by atoms with Crippen LogP contribution in [0.2, 0.25) is 0 Å². The number of piperazine rings is 1. The van der Waals surface area contributed by atoms with Crippen molar-refractivity contribution in [3.05, 3.63) is 53.2 Å². The van der Waals surface area contributed by atoms with Gasteiger partial charge < -0.3 is 19.9 Å². The predicted octanol–water partition coefficient (Wildman–Crippen LogP) is 7.70. The fourth-order valence-electron chi connectivity index (χ4n) is 5.04. The lowest BCUT2D eigenvalue weighted by Crippen LogP contribution is -2.47. The van der Waals surface area contributed by atoms with Crippen LogP contribution in [0.25, 0.3) is 16.6 Å². The van der Waals surface area contributed by atoms with Gasteiger partial charge in [0, 0.05) is 37.9 Å². The van der Waals surface area contributed by atoms with Gasteiger partial charge in [0.2, 0.25) is 5.95 Å². The quantitative estimate of drug-likeness (QED) is 0.277. The molecular weight excluding hydrogens is 654 g/mol. The molecule has 0 radical (unpaired) electrons. The highest BCUT2D eigenvalue weighted by molar-refractivity contribution is 5.91. The average Bonchev–Trinajstić information content (AvgIpc) is 3.40. The Balaban J connectivity index is 0.000000617. The molecule has 0 amide bonds. The van der Waals surface area contributed by atoms with Gasteiger partial charge in [-0.05, 0) is 49.1 Å². The first-order valence-electron chi connectivity index (χ1n) is 13.4. The largest absolute Gasteiger partial charge is 0.490 e. The van der Waals surface area contributed by atoms with E-state index in [1.54, 1.807) is 4.90 Å². The Morgan fingerprint density at radius 1 is 0.891 bits per heavy atom. The smallest absolute Gasteiger partial charge is 0.475 e. The monoisotopic (exact) mass is 677 g/mol. The van der Waals surface area contributed by atoms with Crippen molar-refractivity contribution in [2.75, 3.05) is 36.0 Å². The number of aromatic nitrogens is 3. The molecule has 1 fully saturated rings. The molecule has 46 heavy (non-hydrogen) atoms. The van der Waals surface area contributed by atoms with E-state index in [1.807, 2.05) is 0 Å². The van der Waals surface area contributed by atoms with Gasteiger partial charge in [-0.25, -0.2) is 14.8 Å². The molecule has 0 saturated carbocycles. The minimum absolute atomic E-state index is 0.0485. The van der Waals surface area contributed by atoms with E-state index in [0.29, 0.717) is 5.57 Å². The molecule has 1 saturated heterocycles. The van der Waals surface area contributed by atoms with Crippen LogP contribution >= 0.6 is 0 Å². The highest BCUT2D eigenvalue weighted by Gasteiger charge is 2.41. The van der Waals surface area contributed by atoms with E-state index in [9.17, 15) is 52.7 Å². The lowest BCUT2D eigenvalue weighted by Gasteiger charge is -2.36. The number of rotatable bonds is 3. The van der Waals surface area contributed by atoms with Gasteiger partial charge in [-0.1, -0.05) is 6.08 Å². The van der Waals surface area contributed by atoms with E-state index in [4.69, 9.17) is 9.90 Å². The van der Waals surface area contributed by atoms with Crippen LogP contribution in [0.15, 0.2) is 36.5 Å². The zero-order chi connectivity index (χ0) is 34.2. The van der Waals surface area contributed by atoms with E-state index < -0.39 is 47.7 Å². The van der Waals surface area contributed by atoms with E-state index in [2.05, 4.69) is 15.0 Å². The van der Waals surface area contributed by atoms with Crippen LogP contribution in [0.3, 0.4) is 0 Å². The first-order valence-corrected chi connectivity index (χ1v) is 13.4. The lowest BCUT2D eigenvalue weighted by molar-refractivity contribution is -0.192. The summed E-state index contributed by atoms with van der Waals surface area (Å²) in [7, 11) is 0. The first kappa shape index (κ1) is 34.7. The number of pyridine rings is 1. The van der Waals surface area contributed by atoms with Crippen molar-refractivity contribution in [1.29, 1.82) is 0 Å². The zero-order valence-electron chi connectivity index (χ0n) is 23.2. The molecule has 252 valence electrons. The molecule has 5 rings (SSSR count). The van der Waals surface area contributed by atoms with Crippen molar-refractivity contribution in [2.45, 2.75) is 44.0 Å². The Bertz CT molecular complexity index is 1580. The van der Waals surface area contributed by atoms with Crippen molar-refractivity contribution in [3.63, 3.8) is 0 Å². The molecule has 19 heteroatoms. The maximum absolute atomic E-state index is 13.7. The fraction of sp³-hybridized carbons (Fsp3) is 0.444. The molecule has 3 aromatic rings. The van der Waals surface area contributed by atoms with Gasteiger partial charge in [0.05, 0.1) is 28.1 Å². The normalized spacial score (nSPS) is 18.3. The summed E-state index contributed by atoms with van der Waals surface area (Å²) in [5.41, 5.74) is -1.07. The van der Waals surface area contributed by atoms with Crippen LogP contribution < -0.4 is 9.80 Å². The number of H-pyrrole nitrogens is 1. The van der Waals surface area contributed by atoms with Gasteiger partial charge in [0.15, 0.2) is 0 Å². The van der Waals surface area contributed by atoms with Crippen molar-refractivity contribution in [1.82, 2.24) is 15.0 Å². The van der Waals surface area contributed by atoms with Gasteiger partial charge in [-0.15, -0.1) is 0 Å². The van der Waals surface area contributed by atoms with Crippen molar-refractivity contribution in [2.24, 2.45) is 5.92 Å². The minimum Gasteiger partial charge on any atom is -0.475 e. The van der Waals surface area contributed by atoms with Gasteiger partial charge in [-0.3, -0.25) is 0 Å². The van der Waals surface area contributed by atoms with Crippen LogP contribution in [-0.4, -0.2) is 64.6 Å². The molecule has 1 aliphatic heterocycles. The SMILES string of the molecule is FC(F)(F)c1cc(C2=CCC(C(F)(F)F)CC2)c2nc(N3CCN(c4ncccc4C(F)(F)F)CC3)[nH]c2c1.O=C(O)C(F)(F)F. The van der Waals surface area contributed by atoms with Crippen molar-refractivity contribution in [3.8, 4) is 0 Å². The molecule has 2 aromatic heterocycles. The molecule has 1 aliphatic carbocycles. The Morgan fingerprint density at radius 3 is 2.00 bits per heavy atom. The highest BCUT2D eigenvalue weighted by Crippen LogP contribution is 2.43. The number of carboxylic acids is 1. The number of hydrogen-bond donors (Lipinski definition) is 2. The number of benzene rings is 1. The second kappa shape index (κ2) is 12.5. The summed E-state index contributed by atoms with van der Waals surface area (Å²) in [6.45, 7) is 0.736. The zero-order valence-corrected chi connectivity index (χ0v) is 23.2. The number of allylic oxidation sites excluding steroid dienone is 2. The third kappa shape index (κ3) is 7.96. The summed E-state index contributed by atoms with van der Waals surface area (Å²) in [6, 6.07) is 3.96. The minimum atomic E-state index is -5.08. The lowest BCUT2D eigenvalue weighted by atomic mass is 9.85. The molecule has 2 aliphatic rings. The van der Waals surface area contributed by atoms with E-state index in [0.717, 1.165) is 18.2 Å². The number of imidazole rings is 1. The van der Waals surface area contributed by atoms with Gasteiger partial charge >= 0.3 is 30.7 Å². The van der Waals surface area contributed by atoms with Gasteiger partial charge in [0.25, 0.3) is 0 Å². The maximum Gasteiger partial charge on any atom is 0.490 e. The molecular formula is C27H23F12N5O2. The van der Waals surface area contributed by atoms with Gasteiger partial charge in [0.1, 0.15) is 5.82 Å². The van der Waals surface area contributed by atoms with E-state index in [-0.39, 0.29) is 73.8 Å². The molecule has 2 N–H and O–H groups in total. The Hall–Kier alpha value is -4.19. The van der Waals surface area contributed by atoms with Crippen LogP contribution in [0.4, 0.5) is 64.5 Å². The molecule has 0 bridgehead atoms. The van der Waals surface area contributed by atoms with Gasteiger partial charge in [-0.2, -0.15) is 52.7 Å². The van der Waals surface area contributed by atoms with E-state index in [1.165, 1.54) is 23.2 Å². The second-order valence-corrected chi connectivity index (χ2v) is 10.4. The molecule has 0 spiro atoms. The first-order chi connectivity index (χ1) is 21.2. The molecule has 1 unspecified atom stereocenters. The number of nitrogens with zero attached hydrogens (tertiary/aromatic N) is 4. The summed E-state index contributed by atoms with van der Waals surface area (Å²) in [6.07, 6.45) is -16.8. The number of nitrogens with one attached hydrogen (secondary N) is 1. The topological polar surface area (TPSA) is 85.4 Å².